The van der Waals surface area contributed by atoms with Gasteiger partial charge < -0.3 is 0 Å². The van der Waals surface area contributed by atoms with Gasteiger partial charge in [0.25, 0.3) is 5.56 Å². The molecule has 0 saturated carbocycles. The zero-order chi connectivity index (χ0) is 15.5. The second-order valence-corrected chi connectivity index (χ2v) is 4.92. The van der Waals surface area contributed by atoms with Crippen molar-refractivity contribution in [3.05, 3.63) is 81.4 Å². The standard InChI is InChI=1S/C18H13N3O/c1-13-6-5-11-21-17(13)20-16(15(12-19)18(21)22)10-9-14-7-3-2-4-8-14/h2-11H,1H3/b10-9+. The highest BCUT2D eigenvalue weighted by Gasteiger charge is 2.11. The molecule has 0 atom stereocenters. The third kappa shape index (κ3) is 2.40. The van der Waals surface area contributed by atoms with Crippen LogP contribution in [0.25, 0.3) is 17.8 Å². The Labute approximate surface area is 127 Å². The van der Waals surface area contributed by atoms with Crippen molar-refractivity contribution < 1.29 is 0 Å². The van der Waals surface area contributed by atoms with Crippen LogP contribution >= 0.6 is 0 Å². The van der Waals surface area contributed by atoms with Crippen molar-refractivity contribution in [1.29, 1.82) is 5.26 Å². The van der Waals surface area contributed by atoms with Gasteiger partial charge in [0.15, 0.2) is 0 Å². The van der Waals surface area contributed by atoms with Crippen LogP contribution in [0.4, 0.5) is 0 Å². The Bertz CT molecular complexity index is 963. The Morgan fingerprint density at radius 2 is 1.91 bits per heavy atom. The van der Waals surface area contributed by atoms with Crippen LogP contribution in [-0.2, 0) is 0 Å². The molecule has 1 aromatic carbocycles. The van der Waals surface area contributed by atoms with Crippen molar-refractivity contribution >= 4 is 17.8 Å². The monoisotopic (exact) mass is 287 g/mol. The third-order valence-corrected chi connectivity index (χ3v) is 3.42. The molecule has 22 heavy (non-hydrogen) atoms. The number of pyridine rings is 1. The van der Waals surface area contributed by atoms with Gasteiger partial charge in [0, 0.05) is 6.20 Å². The molecule has 106 valence electrons. The first-order chi connectivity index (χ1) is 10.7. The molecule has 4 nitrogen and oxygen atoms in total. The average Bonchev–Trinajstić information content (AvgIpc) is 2.55. The van der Waals surface area contributed by atoms with Crippen molar-refractivity contribution in [2.45, 2.75) is 6.92 Å². The molecule has 4 heteroatoms. The number of benzene rings is 1. The zero-order valence-electron chi connectivity index (χ0n) is 12.0. The number of nitriles is 1. The second-order valence-electron chi connectivity index (χ2n) is 4.92. The van der Waals surface area contributed by atoms with E-state index in [1.807, 2.05) is 55.5 Å². The Balaban J connectivity index is 2.21. The van der Waals surface area contributed by atoms with Crippen molar-refractivity contribution in [2.24, 2.45) is 0 Å². The maximum atomic E-state index is 12.4. The van der Waals surface area contributed by atoms with Crippen LogP contribution in [0, 0.1) is 18.3 Å². The number of hydrogen-bond acceptors (Lipinski definition) is 3. The smallest absolute Gasteiger partial charge is 0.267 e. The van der Waals surface area contributed by atoms with Gasteiger partial charge in [-0.15, -0.1) is 0 Å². The molecule has 0 amide bonds. The van der Waals surface area contributed by atoms with Crippen molar-refractivity contribution in [2.75, 3.05) is 0 Å². The van der Waals surface area contributed by atoms with Crippen LogP contribution in [0.3, 0.4) is 0 Å². The molecule has 0 saturated heterocycles. The van der Waals surface area contributed by atoms with Crippen LogP contribution < -0.4 is 5.56 Å². The summed E-state index contributed by atoms with van der Waals surface area (Å²) >= 11 is 0. The highest BCUT2D eigenvalue weighted by molar-refractivity contribution is 5.71. The fraction of sp³-hybridized carbons (Fsp3) is 0.0556. The Morgan fingerprint density at radius 1 is 1.14 bits per heavy atom. The first-order valence-electron chi connectivity index (χ1n) is 6.86. The van der Waals surface area contributed by atoms with Gasteiger partial charge in [-0.25, -0.2) is 4.98 Å². The van der Waals surface area contributed by atoms with E-state index in [9.17, 15) is 10.1 Å². The summed E-state index contributed by atoms with van der Waals surface area (Å²) in [5, 5.41) is 9.29. The van der Waals surface area contributed by atoms with Gasteiger partial charge >= 0.3 is 0 Å². The van der Waals surface area contributed by atoms with Crippen LogP contribution in [0.5, 0.6) is 0 Å². The van der Waals surface area contributed by atoms with Gasteiger partial charge in [-0.2, -0.15) is 5.26 Å². The summed E-state index contributed by atoms with van der Waals surface area (Å²) in [5.41, 5.74) is 2.54. The number of hydrogen-bond donors (Lipinski definition) is 0. The molecule has 2 heterocycles. The molecular formula is C18H13N3O. The van der Waals surface area contributed by atoms with Gasteiger partial charge in [0.1, 0.15) is 17.3 Å². The largest absolute Gasteiger partial charge is 0.276 e. The van der Waals surface area contributed by atoms with E-state index in [0.717, 1.165) is 11.1 Å². The van der Waals surface area contributed by atoms with E-state index in [-0.39, 0.29) is 11.1 Å². The lowest BCUT2D eigenvalue weighted by Crippen LogP contribution is -2.20. The molecular weight excluding hydrogens is 274 g/mol. The van der Waals surface area contributed by atoms with E-state index in [2.05, 4.69) is 4.98 Å². The number of aromatic nitrogens is 2. The Kier molecular flexibility index (Phi) is 3.55. The first-order valence-corrected chi connectivity index (χ1v) is 6.86. The number of nitrogens with zero attached hydrogens (tertiary/aromatic N) is 3. The second kappa shape index (κ2) is 5.66. The summed E-state index contributed by atoms with van der Waals surface area (Å²) < 4.78 is 1.41. The minimum Gasteiger partial charge on any atom is -0.267 e. The summed E-state index contributed by atoms with van der Waals surface area (Å²) in [6, 6.07) is 15.3. The summed E-state index contributed by atoms with van der Waals surface area (Å²) in [7, 11) is 0. The minimum atomic E-state index is -0.344. The molecule has 3 aromatic rings. The minimum absolute atomic E-state index is 0.0512. The van der Waals surface area contributed by atoms with E-state index in [1.165, 1.54) is 4.40 Å². The molecule has 3 rings (SSSR count). The fourth-order valence-electron chi connectivity index (χ4n) is 2.28. The van der Waals surface area contributed by atoms with Crippen LogP contribution in [0.2, 0.25) is 0 Å². The summed E-state index contributed by atoms with van der Waals surface area (Å²) in [4.78, 5) is 16.9. The molecule has 0 aliphatic heterocycles. The lowest BCUT2D eigenvalue weighted by molar-refractivity contribution is 1.01. The molecule has 0 aliphatic carbocycles. The predicted octanol–water partition coefficient (Wildman–Crippen LogP) is 3.05. The number of rotatable bonds is 2. The van der Waals surface area contributed by atoms with Crippen LogP contribution in [-0.4, -0.2) is 9.38 Å². The SMILES string of the molecule is Cc1cccn2c(=O)c(C#N)c(/C=C/c3ccccc3)nc12. The van der Waals surface area contributed by atoms with E-state index in [1.54, 1.807) is 18.3 Å². The van der Waals surface area contributed by atoms with Gasteiger partial charge in [-0.3, -0.25) is 9.20 Å². The number of aryl methyl sites for hydroxylation is 1. The van der Waals surface area contributed by atoms with Crippen LogP contribution in [0.1, 0.15) is 22.4 Å². The van der Waals surface area contributed by atoms with Crippen molar-refractivity contribution in [3.63, 3.8) is 0 Å². The molecule has 0 unspecified atom stereocenters. The van der Waals surface area contributed by atoms with Gasteiger partial charge in [-0.05, 0) is 30.2 Å². The quantitative estimate of drug-likeness (QED) is 0.728. The Hall–Kier alpha value is -3.19. The summed E-state index contributed by atoms with van der Waals surface area (Å²) in [5.74, 6) is 0. The normalized spacial score (nSPS) is 10.9. The topological polar surface area (TPSA) is 58.2 Å². The lowest BCUT2D eigenvalue weighted by atomic mass is 10.1. The van der Waals surface area contributed by atoms with Crippen LogP contribution in [0.15, 0.2) is 53.5 Å². The van der Waals surface area contributed by atoms with E-state index >= 15 is 0 Å². The number of fused-ring (bicyclic) bond motifs is 1. The van der Waals surface area contributed by atoms with Crippen molar-refractivity contribution in [3.8, 4) is 6.07 Å². The summed E-state index contributed by atoms with van der Waals surface area (Å²) in [6.45, 7) is 1.89. The highest BCUT2D eigenvalue weighted by atomic mass is 16.1. The zero-order valence-corrected chi connectivity index (χ0v) is 12.0. The molecule has 0 spiro atoms. The molecule has 2 aromatic heterocycles. The van der Waals surface area contributed by atoms with Gasteiger partial charge in [0.05, 0.1) is 5.69 Å². The average molecular weight is 287 g/mol. The fourth-order valence-corrected chi connectivity index (χ4v) is 2.28. The molecule has 0 radical (unpaired) electrons. The van der Waals surface area contributed by atoms with Gasteiger partial charge in [0.2, 0.25) is 0 Å². The first kappa shape index (κ1) is 13.8. The van der Waals surface area contributed by atoms with E-state index < -0.39 is 0 Å². The molecule has 0 bridgehead atoms. The highest BCUT2D eigenvalue weighted by Crippen LogP contribution is 2.12. The van der Waals surface area contributed by atoms with Crippen molar-refractivity contribution in [1.82, 2.24) is 9.38 Å². The van der Waals surface area contributed by atoms with E-state index in [4.69, 9.17) is 0 Å². The Morgan fingerprint density at radius 3 is 2.64 bits per heavy atom. The maximum Gasteiger partial charge on any atom is 0.276 e. The van der Waals surface area contributed by atoms with E-state index in [0.29, 0.717) is 11.3 Å². The molecule has 0 aliphatic rings. The molecule has 0 fully saturated rings. The maximum absolute atomic E-state index is 12.4. The molecule has 0 N–H and O–H groups in total. The van der Waals surface area contributed by atoms with Gasteiger partial charge in [-0.1, -0.05) is 42.5 Å². The third-order valence-electron chi connectivity index (χ3n) is 3.42. The lowest BCUT2D eigenvalue weighted by Gasteiger charge is -2.05. The predicted molar refractivity (Wildman–Crippen MR) is 86.3 cm³/mol. The summed E-state index contributed by atoms with van der Waals surface area (Å²) in [6.07, 6.45) is 5.18.